The highest BCUT2D eigenvalue weighted by Gasteiger charge is 2.10. The van der Waals surface area contributed by atoms with E-state index >= 15 is 0 Å². The lowest BCUT2D eigenvalue weighted by Crippen LogP contribution is -2.22. The van der Waals surface area contributed by atoms with Gasteiger partial charge in [-0.15, -0.1) is 11.3 Å². The van der Waals surface area contributed by atoms with Gasteiger partial charge in [0.05, 0.1) is 12.2 Å². The lowest BCUT2D eigenvalue weighted by Gasteiger charge is -2.00. The monoisotopic (exact) mass is 317 g/mol. The lowest BCUT2D eigenvalue weighted by molar-refractivity contribution is 0.0946. The molecule has 2 N–H and O–H groups in total. The molecule has 6 heteroatoms. The van der Waals surface area contributed by atoms with Gasteiger partial charge in [-0.25, -0.2) is 0 Å². The Morgan fingerprint density at radius 2 is 2.10 bits per heavy atom. The highest BCUT2D eigenvalue weighted by molar-refractivity contribution is 7.09. The van der Waals surface area contributed by atoms with E-state index in [1.807, 2.05) is 29.6 Å². The second-order valence-electron chi connectivity index (χ2n) is 4.44. The largest absolute Gasteiger partial charge is 0.346 e. The number of nitrogens with one attached hydrogen (secondary N) is 2. The van der Waals surface area contributed by atoms with E-state index in [1.165, 1.54) is 0 Å². The second-order valence-corrected chi connectivity index (χ2v) is 5.90. The zero-order chi connectivity index (χ0) is 14.7. The summed E-state index contributed by atoms with van der Waals surface area (Å²) in [6, 6.07) is 13.0. The molecule has 4 nitrogen and oxygen atoms in total. The minimum absolute atomic E-state index is 0.170. The molecule has 0 saturated heterocycles. The number of H-pyrrole nitrogens is 1. The predicted molar refractivity (Wildman–Crippen MR) is 84.5 cm³/mol. The maximum absolute atomic E-state index is 12.0. The van der Waals surface area contributed by atoms with Gasteiger partial charge in [-0.2, -0.15) is 5.10 Å². The summed E-state index contributed by atoms with van der Waals surface area (Å²) in [5, 5.41) is 12.4. The van der Waals surface area contributed by atoms with Gasteiger partial charge in [-0.1, -0.05) is 29.8 Å². The first-order valence-corrected chi connectivity index (χ1v) is 7.60. The van der Waals surface area contributed by atoms with E-state index in [0.29, 0.717) is 23.0 Å². The predicted octanol–water partition coefficient (Wildman–Crippen LogP) is 3.72. The second kappa shape index (κ2) is 6.11. The van der Waals surface area contributed by atoms with Gasteiger partial charge in [0.25, 0.3) is 5.91 Å². The summed E-state index contributed by atoms with van der Waals surface area (Å²) in [4.78, 5) is 13.2. The van der Waals surface area contributed by atoms with Crippen molar-refractivity contribution in [2.24, 2.45) is 0 Å². The first-order valence-electron chi connectivity index (χ1n) is 6.34. The van der Waals surface area contributed by atoms with Gasteiger partial charge in [0.1, 0.15) is 5.69 Å². The van der Waals surface area contributed by atoms with Gasteiger partial charge in [-0.05, 0) is 29.6 Å². The Labute approximate surface area is 130 Å². The summed E-state index contributed by atoms with van der Waals surface area (Å²) in [7, 11) is 0. The van der Waals surface area contributed by atoms with Crippen molar-refractivity contribution < 1.29 is 4.79 Å². The van der Waals surface area contributed by atoms with E-state index in [0.717, 1.165) is 10.4 Å². The van der Waals surface area contributed by atoms with Crippen LogP contribution in [0.3, 0.4) is 0 Å². The summed E-state index contributed by atoms with van der Waals surface area (Å²) in [5.74, 6) is -0.170. The van der Waals surface area contributed by atoms with Crippen LogP contribution in [-0.2, 0) is 6.54 Å². The smallest absolute Gasteiger partial charge is 0.269 e. The van der Waals surface area contributed by atoms with Crippen LogP contribution in [0.25, 0.3) is 11.3 Å². The number of halogens is 1. The number of aromatic amines is 1. The van der Waals surface area contributed by atoms with Gasteiger partial charge in [0.2, 0.25) is 0 Å². The van der Waals surface area contributed by atoms with Gasteiger partial charge < -0.3 is 5.32 Å². The van der Waals surface area contributed by atoms with E-state index < -0.39 is 0 Å². The van der Waals surface area contributed by atoms with Crippen molar-refractivity contribution >= 4 is 28.8 Å². The van der Waals surface area contributed by atoms with Crippen LogP contribution in [0.5, 0.6) is 0 Å². The molecule has 0 unspecified atom stereocenters. The van der Waals surface area contributed by atoms with Crippen molar-refractivity contribution in [1.29, 1.82) is 0 Å². The number of hydrogen-bond donors (Lipinski definition) is 2. The summed E-state index contributed by atoms with van der Waals surface area (Å²) in [6.45, 7) is 0.520. The molecule has 0 atom stereocenters. The van der Waals surface area contributed by atoms with Gasteiger partial charge >= 0.3 is 0 Å². The van der Waals surface area contributed by atoms with Crippen LogP contribution in [0.2, 0.25) is 5.02 Å². The average molecular weight is 318 g/mol. The zero-order valence-electron chi connectivity index (χ0n) is 11.0. The standard InChI is InChI=1S/C15H12ClN3OS/c16-11-5-3-10(4-6-11)13-8-14(19-18-13)15(20)17-9-12-2-1-7-21-12/h1-8H,9H2,(H,17,20)(H,18,19). The number of carbonyl (C=O) groups excluding carboxylic acids is 1. The van der Waals surface area contributed by atoms with Crippen LogP contribution in [0, 0.1) is 0 Å². The molecule has 0 bridgehead atoms. The van der Waals surface area contributed by atoms with Crippen molar-refractivity contribution in [3.05, 3.63) is 63.4 Å². The average Bonchev–Trinajstić information content (AvgIpc) is 3.17. The molecule has 0 fully saturated rings. The Balaban J connectivity index is 1.69. The molecule has 0 aliphatic carbocycles. The first-order chi connectivity index (χ1) is 10.2. The van der Waals surface area contributed by atoms with Gasteiger partial charge in [0.15, 0.2) is 0 Å². The molecular weight excluding hydrogens is 306 g/mol. The van der Waals surface area contributed by atoms with Crippen LogP contribution < -0.4 is 5.32 Å². The summed E-state index contributed by atoms with van der Waals surface area (Å²) in [5.41, 5.74) is 2.07. The molecule has 3 aromatic rings. The number of benzene rings is 1. The molecule has 21 heavy (non-hydrogen) atoms. The third-order valence-corrected chi connectivity index (χ3v) is 4.09. The van der Waals surface area contributed by atoms with E-state index in [9.17, 15) is 4.79 Å². The van der Waals surface area contributed by atoms with Crippen molar-refractivity contribution in [2.75, 3.05) is 0 Å². The van der Waals surface area contributed by atoms with Crippen molar-refractivity contribution in [1.82, 2.24) is 15.5 Å². The van der Waals surface area contributed by atoms with Crippen molar-refractivity contribution in [3.8, 4) is 11.3 Å². The maximum Gasteiger partial charge on any atom is 0.269 e. The molecule has 0 saturated carbocycles. The van der Waals surface area contributed by atoms with E-state index in [2.05, 4.69) is 15.5 Å². The normalized spacial score (nSPS) is 10.5. The van der Waals surface area contributed by atoms with Gasteiger partial charge in [-0.3, -0.25) is 9.89 Å². The molecule has 0 aliphatic rings. The van der Waals surface area contributed by atoms with Crippen LogP contribution in [0.4, 0.5) is 0 Å². The van der Waals surface area contributed by atoms with Crippen LogP contribution in [0.15, 0.2) is 47.8 Å². The summed E-state index contributed by atoms with van der Waals surface area (Å²) < 4.78 is 0. The molecule has 1 aromatic carbocycles. The summed E-state index contributed by atoms with van der Waals surface area (Å²) >= 11 is 7.46. The minimum atomic E-state index is -0.170. The fourth-order valence-corrected chi connectivity index (χ4v) is 2.65. The van der Waals surface area contributed by atoms with Crippen LogP contribution >= 0.6 is 22.9 Å². The Morgan fingerprint density at radius 1 is 1.29 bits per heavy atom. The molecule has 0 spiro atoms. The van der Waals surface area contributed by atoms with E-state index in [4.69, 9.17) is 11.6 Å². The third kappa shape index (κ3) is 3.32. The molecule has 2 aromatic heterocycles. The number of amides is 1. The number of carbonyl (C=O) groups is 1. The summed E-state index contributed by atoms with van der Waals surface area (Å²) in [6.07, 6.45) is 0. The fourth-order valence-electron chi connectivity index (χ4n) is 1.88. The maximum atomic E-state index is 12.0. The molecule has 3 rings (SSSR count). The fraction of sp³-hybridized carbons (Fsp3) is 0.0667. The molecule has 0 aliphatic heterocycles. The first kappa shape index (κ1) is 13.9. The van der Waals surface area contributed by atoms with Crippen molar-refractivity contribution in [2.45, 2.75) is 6.54 Å². The minimum Gasteiger partial charge on any atom is -0.346 e. The Kier molecular flexibility index (Phi) is 4.03. The molecular formula is C15H12ClN3OS. The van der Waals surface area contributed by atoms with Crippen LogP contribution in [0.1, 0.15) is 15.4 Å². The molecule has 2 heterocycles. The number of thiophene rings is 1. The number of aromatic nitrogens is 2. The highest BCUT2D eigenvalue weighted by Crippen LogP contribution is 2.20. The molecule has 1 amide bonds. The number of rotatable bonds is 4. The number of hydrogen-bond acceptors (Lipinski definition) is 3. The Morgan fingerprint density at radius 3 is 2.81 bits per heavy atom. The highest BCUT2D eigenvalue weighted by atomic mass is 35.5. The van der Waals surface area contributed by atoms with Gasteiger partial charge in [0, 0.05) is 15.5 Å². The lowest BCUT2D eigenvalue weighted by atomic mass is 10.1. The SMILES string of the molecule is O=C(NCc1cccs1)c1cc(-c2ccc(Cl)cc2)n[nH]1. The van der Waals surface area contributed by atoms with E-state index in [1.54, 1.807) is 29.5 Å². The topological polar surface area (TPSA) is 57.8 Å². The Hall–Kier alpha value is -2.11. The quantitative estimate of drug-likeness (QED) is 0.770. The third-order valence-electron chi connectivity index (χ3n) is 2.97. The zero-order valence-corrected chi connectivity index (χ0v) is 12.5. The number of nitrogens with zero attached hydrogens (tertiary/aromatic N) is 1. The molecule has 0 radical (unpaired) electrons. The van der Waals surface area contributed by atoms with E-state index in [-0.39, 0.29) is 5.91 Å². The van der Waals surface area contributed by atoms with Crippen LogP contribution in [-0.4, -0.2) is 16.1 Å². The molecule has 106 valence electrons. The Bertz CT molecular complexity index is 735. The van der Waals surface area contributed by atoms with Crippen molar-refractivity contribution in [3.63, 3.8) is 0 Å².